The van der Waals surface area contributed by atoms with Crippen LogP contribution < -0.4 is 4.74 Å². The van der Waals surface area contributed by atoms with Crippen molar-refractivity contribution in [2.75, 3.05) is 0 Å². The Morgan fingerprint density at radius 1 is 1.05 bits per heavy atom. The molecule has 0 heterocycles. The lowest BCUT2D eigenvalue weighted by Crippen LogP contribution is -2.09. The molecule has 0 aliphatic carbocycles. The number of halogens is 4. The highest BCUT2D eigenvalue weighted by Crippen LogP contribution is 2.35. The summed E-state index contributed by atoms with van der Waals surface area (Å²) in [4.78, 5) is 10.6. The summed E-state index contributed by atoms with van der Waals surface area (Å²) in [5, 5.41) is 0. The normalized spacial score (nSPS) is 11.3. The molecule has 2 rings (SSSR count). The zero-order valence-electron chi connectivity index (χ0n) is 10.9. The molecule has 6 heteroatoms. The minimum Gasteiger partial charge on any atom is -0.457 e. The molecule has 0 bridgehead atoms. The Labute approximate surface area is 118 Å². The van der Waals surface area contributed by atoms with Gasteiger partial charge in [-0.25, -0.2) is 4.39 Å². The lowest BCUT2D eigenvalue weighted by atomic mass is 10.1. The average molecular weight is 298 g/mol. The second kappa shape index (κ2) is 5.55. The van der Waals surface area contributed by atoms with Crippen LogP contribution in [0, 0.1) is 12.7 Å². The second-order valence-electron chi connectivity index (χ2n) is 4.38. The first-order chi connectivity index (χ1) is 9.81. The van der Waals surface area contributed by atoms with Crippen LogP contribution in [0.4, 0.5) is 17.6 Å². The third-order valence-corrected chi connectivity index (χ3v) is 2.82. The summed E-state index contributed by atoms with van der Waals surface area (Å²) >= 11 is 0. The van der Waals surface area contributed by atoms with Crippen molar-refractivity contribution in [1.29, 1.82) is 0 Å². The van der Waals surface area contributed by atoms with Gasteiger partial charge in [0.1, 0.15) is 17.3 Å². The number of carbonyl (C=O) groups is 1. The Morgan fingerprint density at radius 2 is 1.67 bits per heavy atom. The van der Waals surface area contributed by atoms with Crippen molar-refractivity contribution in [3.63, 3.8) is 0 Å². The first-order valence-electron chi connectivity index (χ1n) is 5.91. The number of aldehydes is 1. The Kier molecular flexibility index (Phi) is 3.97. The standard InChI is InChI=1S/C15H10F4O2/c1-9-6-11(4-5-14(9)16)21-12-3-2-10(8-20)13(7-12)15(17,18)19/h2-8H,1H3. The predicted molar refractivity (Wildman–Crippen MR) is 68.0 cm³/mol. The molecule has 0 amide bonds. The maximum Gasteiger partial charge on any atom is 0.417 e. The molecule has 21 heavy (non-hydrogen) atoms. The van der Waals surface area contributed by atoms with E-state index in [0.29, 0.717) is 5.56 Å². The third kappa shape index (κ3) is 3.39. The van der Waals surface area contributed by atoms with E-state index in [1.54, 1.807) is 0 Å². The lowest BCUT2D eigenvalue weighted by Gasteiger charge is -2.12. The van der Waals surface area contributed by atoms with E-state index >= 15 is 0 Å². The van der Waals surface area contributed by atoms with E-state index in [0.717, 1.165) is 18.2 Å². The van der Waals surface area contributed by atoms with Gasteiger partial charge in [-0.3, -0.25) is 4.79 Å². The summed E-state index contributed by atoms with van der Waals surface area (Å²) in [7, 11) is 0. The van der Waals surface area contributed by atoms with Crippen LogP contribution in [-0.2, 0) is 6.18 Å². The van der Waals surface area contributed by atoms with Crippen molar-refractivity contribution in [1.82, 2.24) is 0 Å². The fourth-order valence-corrected chi connectivity index (χ4v) is 1.76. The number of hydrogen-bond donors (Lipinski definition) is 0. The van der Waals surface area contributed by atoms with Crippen LogP contribution >= 0.6 is 0 Å². The largest absolute Gasteiger partial charge is 0.457 e. The minimum absolute atomic E-state index is 0.0843. The molecule has 110 valence electrons. The molecule has 0 saturated carbocycles. The van der Waals surface area contributed by atoms with Gasteiger partial charge in [0.15, 0.2) is 6.29 Å². The zero-order valence-corrected chi connectivity index (χ0v) is 10.9. The number of ether oxygens (including phenoxy) is 1. The van der Waals surface area contributed by atoms with E-state index in [2.05, 4.69) is 0 Å². The predicted octanol–water partition coefficient (Wildman–Crippen LogP) is 4.76. The number of hydrogen-bond acceptors (Lipinski definition) is 2. The van der Waals surface area contributed by atoms with Crippen molar-refractivity contribution in [3.8, 4) is 11.5 Å². The van der Waals surface area contributed by atoms with Gasteiger partial charge >= 0.3 is 6.18 Å². The van der Waals surface area contributed by atoms with Crippen molar-refractivity contribution < 1.29 is 27.1 Å². The molecule has 2 aromatic rings. The maximum absolute atomic E-state index is 13.1. The summed E-state index contributed by atoms with van der Waals surface area (Å²) in [6, 6.07) is 6.86. The number of carbonyl (C=O) groups excluding carboxylic acids is 1. The quantitative estimate of drug-likeness (QED) is 0.603. The first kappa shape index (κ1) is 15.0. The van der Waals surface area contributed by atoms with Crippen molar-refractivity contribution >= 4 is 6.29 Å². The summed E-state index contributed by atoms with van der Waals surface area (Å²) in [5.74, 6) is -0.311. The van der Waals surface area contributed by atoms with Gasteiger partial charge in [-0.05, 0) is 48.9 Å². The number of alkyl halides is 3. The van der Waals surface area contributed by atoms with Crippen LogP contribution in [0.25, 0.3) is 0 Å². The number of rotatable bonds is 3. The average Bonchev–Trinajstić information content (AvgIpc) is 2.42. The Bertz CT molecular complexity index is 678. The molecule has 0 aliphatic heterocycles. The second-order valence-corrected chi connectivity index (χ2v) is 4.38. The van der Waals surface area contributed by atoms with Gasteiger partial charge in [-0.2, -0.15) is 13.2 Å². The Balaban J connectivity index is 2.36. The van der Waals surface area contributed by atoms with Crippen LogP contribution in [0.3, 0.4) is 0 Å². The van der Waals surface area contributed by atoms with Gasteiger partial charge in [0, 0.05) is 5.56 Å². The molecule has 0 aliphatic rings. The topological polar surface area (TPSA) is 26.3 Å². The molecule has 0 spiro atoms. The van der Waals surface area contributed by atoms with Gasteiger partial charge in [0.2, 0.25) is 0 Å². The highest BCUT2D eigenvalue weighted by atomic mass is 19.4. The van der Waals surface area contributed by atoms with E-state index in [1.807, 2.05) is 0 Å². The van der Waals surface area contributed by atoms with Gasteiger partial charge in [-0.15, -0.1) is 0 Å². The summed E-state index contributed by atoms with van der Waals surface area (Å²) in [5.41, 5.74) is -1.23. The van der Waals surface area contributed by atoms with Crippen molar-refractivity contribution in [2.24, 2.45) is 0 Å². The highest BCUT2D eigenvalue weighted by Gasteiger charge is 2.33. The smallest absolute Gasteiger partial charge is 0.417 e. The van der Waals surface area contributed by atoms with Gasteiger partial charge in [0.05, 0.1) is 5.56 Å². The zero-order chi connectivity index (χ0) is 15.6. The molecular weight excluding hydrogens is 288 g/mol. The van der Waals surface area contributed by atoms with Gasteiger partial charge < -0.3 is 4.74 Å². The molecule has 0 unspecified atom stereocenters. The van der Waals surface area contributed by atoms with E-state index in [-0.39, 0.29) is 17.8 Å². The van der Waals surface area contributed by atoms with Crippen molar-refractivity contribution in [3.05, 3.63) is 58.9 Å². The molecule has 0 radical (unpaired) electrons. The van der Waals surface area contributed by atoms with Crippen LogP contribution in [-0.4, -0.2) is 6.29 Å². The summed E-state index contributed by atoms with van der Waals surface area (Å²) < 4.78 is 56.8. The van der Waals surface area contributed by atoms with E-state index in [9.17, 15) is 22.4 Å². The van der Waals surface area contributed by atoms with Gasteiger partial charge in [-0.1, -0.05) is 0 Å². The van der Waals surface area contributed by atoms with E-state index in [4.69, 9.17) is 4.74 Å². The van der Waals surface area contributed by atoms with Crippen LogP contribution in [0.2, 0.25) is 0 Å². The molecule has 0 N–H and O–H groups in total. The van der Waals surface area contributed by atoms with E-state index in [1.165, 1.54) is 25.1 Å². The van der Waals surface area contributed by atoms with Crippen LogP contribution in [0.5, 0.6) is 11.5 Å². The lowest BCUT2D eigenvalue weighted by molar-refractivity contribution is -0.137. The fraction of sp³-hybridized carbons (Fsp3) is 0.133. The molecule has 0 saturated heterocycles. The fourth-order valence-electron chi connectivity index (χ4n) is 1.76. The first-order valence-corrected chi connectivity index (χ1v) is 5.91. The maximum atomic E-state index is 13.1. The third-order valence-electron chi connectivity index (χ3n) is 2.82. The van der Waals surface area contributed by atoms with E-state index < -0.39 is 23.1 Å². The van der Waals surface area contributed by atoms with Crippen LogP contribution in [0.1, 0.15) is 21.5 Å². The number of aryl methyl sites for hydroxylation is 1. The van der Waals surface area contributed by atoms with Crippen LogP contribution in [0.15, 0.2) is 36.4 Å². The molecule has 0 atom stereocenters. The monoisotopic (exact) mass is 298 g/mol. The molecule has 0 fully saturated rings. The molecular formula is C15H10F4O2. The molecule has 2 nitrogen and oxygen atoms in total. The molecule has 2 aromatic carbocycles. The SMILES string of the molecule is Cc1cc(Oc2ccc(C=O)c(C(F)(F)F)c2)ccc1F. The van der Waals surface area contributed by atoms with Gasteiger partial charge in [0.25, 0.3) is 0 Å². The Morgan fingerprint density at radius 3 is 2.24 bits per heavy atom. The Hall–Kier alpha value is -2.37. The number of benzene rings is 2. The summed E-state index contributed by atoms with van der Waals surface area (Å²) in [6.45, 7) is 1.51. The highest BCUT2D eigenvalue weighted by molar-refractivity contribution is 5.78. The van der Waals surface area contributed by atoms with Crippen molar-refractivity contribution in [2.45, 2.75) is 13.1 Å². The minimum atomic E-state index is -4.66. The molecule has 0 aromatic heterocycles. The summed E-state index contributed by atoms with van der Waals surface area (Å²) in [6.07, 6.45) is -4.52.